The van der Waals surface area contributed by atoms with E-state index in [0.717, 1.165) is 11.8 Å². The van der Waals surface area contributed by atoms with Crippen molar-refractivity contribution in [2.75, 3.05) is 6.54 Å². The lowest BCUT2D eigenvalue weighted by molar-refractivity contribution is 0.439. The molecule has 1 heteroatoms. The van der Waals surface area contributed by atoms with Gasteiger partial charge in [0.25, 0.3) is 0 Å². The molecular formula is C17H27N. The van der Waals surface area contributed by atoms with E-state index in [0.29, 0.717) is 6.04 Å². The van der Waals surface area contributed by atoms with Gasteiger partial charge in [0.2, 0.25) is 0 Å². The van der Waals surface area contributed by atoms with E-state index in [1.165, 1.54) is 42.5 Å². The maximum Gasteiger partial charge on any atom is 0.0294 e. The van der Waals surface area contributed by atoms with Crippen LogP contribution in [0.5, 0.6) is 0 Å². The predicted octanol–water partition coefficient (Wildman–Crippen LogP) is 4.39. The standard InChI is InChI=1S/C17H27N/c1-12-6-8-17(14(3)9-12)15(4)18-11-16-7-5-13(2)10-16/h6,8-9,13,15-16,18H,5,7,10-11H2,1-4H3. The molecule has 0 amide bonds. The van der Waals surface area contributed by atoms with Crippen molar-refractivity contribution in [3.05, 3.63) is 34.9 Å². The summed E-state index contributed by atoms with van der Waals surface area (Å²) in [6, 6.07) is 7.25. The highest BCUT2D eigenvalue weighted by molar-refractivity contribution is 5.32. The molecule has 18 heavy (non-hydrogen) atoms. The maximum atomic E-state index is 3.72. The summed E-state index contributed by atoms with van der Waals surface area (Å²) in [7, 11) is 0. The van der Waals surface area contributed by atoms with Crippen molar-refractivity contribution in [2.24, 2.45) is 11.8 Å². The van der Waals surface area contributed by atoms with Gasteiger partial charge in [-0.3, -0.25) is 0 Å². The number of rotatable bonds is 4. The highest BCUT2D eigenvalue weighted by atomic mass is 14.9. The summed E-state index contributed by atoms with van der Waals surface area (Å²) >= 11 is 0. The SMILES string of the molecule is Cc1ccc(C(C)NCC2CCC(C)C2)c(C)c1. The Labute approximate surface area is 112 Å². The molecule has 1 aliphatic rings. The first-order chi connectivity index (χ1) is 8.56. The fraction of sp³-hybridized carbons (Fsp3) is 0.647. The van der Waals surface area contributed by atoms with E-state index in [1.54, 1.807) is 0 Å². The molecule has 0 heterocycles. The van der Waals surface area contributed by atoms with Gasteiger partial charge in [-0.25, -0.2) is 0 Å². The van der Waals surface area contributed by atoms with Gasteiger partial charge >= 0.3 is 0 Å². The van der Waals surface area contributed by atoms with Crippen LogP contribution in [0.3, 0.4) is 0 Å². The average molecular weight is 245 g/mol. The number of nitrogens with one attached hydrogen (secondary N) is 1. The molecule has 0 aromatic heterocycles. The molecule has 1 aromatic carbocycles. The van der Waals surface area contributed by atoms with E-state index in [1.807, 2.05) is 0 Å². The Bertz CT molecular complexity index is 397. The van der Waals surface area contributed by atoms with Crippen LogP contribution in [0.15, 0.2) is 18.2 Å². The Morgan fingerprint density at radius 1 is 1.28 bits per heavy atom. The Balaban J connectivity index is 1.89. The normalized spacial score (nSPS) is 25.3. The van der Waals surface area contributed by atoms with E-state index >= 15 is 0 Å². The smallest absolute Gasteiger partial charge is 0.0294 e. The van der Waals surface area contributed by atoms with E-state index in [2.05, 4.69) is 51.2 Å². The van der Waals surface area contributed by atoms with Gasteiger partial charge in [-0.1, -0.05) is 37.1 Å². The molecule has 3 unspecified atom stereocenters. The van der Waals surface area contributed by atoms with Crippen molar-refractivity contribution in [3.63, 3.8) is 0 Å². The van der Waals surface area contributed by atoms with Gasteiger partial charge in [0.15, 0.2) is 0 Å². The second kappa shape index (κ2) is 5.88. The molecule has 2 rings (SSSR count). The number of hydrogen-bond donors (Lipinski definition) is 1. The molecule has 0 radical (unpaired) electrons. The molecule has 100 valence electrons. The third-order valence-electron chi connectivity index (χ3n) is 4.41. The zero-order valence-corrected chi connectivity index (χ0v) is 12.3. The minimum Gasteiger partial charge on any atom is -0.310 e. The highest BCUT2D eigenvalue weighted by Crippen LogP contribution is 2.30. The molecule has 1 aromatic rings. The number of benzene rings is 1. The van der Waals surface area contributed by atoms with Crippen LogP contribution in [0.4, 0.5) is 0 Å². The number of aryl methyl sites for hydroxylation is 2. The molecule has 0 saturated heterocycles. The molecule has 1 nitrogen and oxygen atoms in total. The van der Waals surface area contributed by atoms with Crippen LogP contribution in [-0.2, 0) is 0 Å². The zero-order valence-electron chi connectivity index (χ0n) is 12.3. The van der Waals surface area contributed by atoms with Crippen molar-refractivity contribution >= 4 is 0 Å². The second-order valence-electron chi connectivity index (χ2n) is 6.27. The van der Waals surface area contributed by atoms with Crippen LogP contribution >= 0.6 is 0 Å². The van der Waals surface area contributed by atoms with Crippen LogP contribution in [0.1, 0.15) is 55.8 Å². The van der Waals surface area contributed by atoms with Crippen molar-refractivity contribution in [1.82, 2.24) is 5.32 Å². The van der Waals surface area contributed by atoms with Crippen LogP contribution < -0.4 is 5.32 Å². The Hall–Kier alpha value is -0.820. The number of hydrogen-bond acceptors (Lipinski definition) is 1. The highest BCUT2D eigenvalue weighted by Gasteiger charge is 2.21. The summed E-state index contributed by atoms with van der Waals surface area (Å²) in [6.45, 7) is 10.2. The summed E-state index contributed by atoms with van der Waals surface area (Å²) in [5.74, 6) is 1.83. The van der Waals surface area contributed by atoms with Crippen molar-refractivity contribution in [3.8, 4) is 0 Å². The predicted molar refractivity (Wildman–Crippen MR) is 78.8 cm³/mol. The summed E-state index contributed by atoms with van der Waals surface area (Å²) < 4.78 is 0. The molecule has 1 saturated carbocycles. The molecule has 0 spiro atoms. The third-order valence-corrected chi connectivity index (χ3v) is 4.41. The third kappa shape index (κ3) is 3.35. The molecule has 0 aliphatic heterocycles. The van der Waals surface area contributed by atoms with E-state index in [9.17, 15) is 0 Å². The fourth-order valence-corrected chi connectivity index (χ4v) is 3.28. The lowest BCUT2D eigenvalue weighted by atomic mass is 9.99. The van der Waals surface area contributed by atoms with Gasteiger partial charge < -0.3 is 5.32 Å². The zero-order chi connectivity index (χ0) is 13.1. The minimum absolute atomic E-state index is 0.474. The van der Waals surface area contributed by atoms with E-state index < -0.39 is 0 Å². The monoisotopic (exact) mass is 245 g/mol. The molecule has 3 atom stereocenters. The van der Waals surface area contributed by atoms with Crippen LogP contribution in [0.25, 0.3) is 0 Å². The summed E-state index contributed by atoms with van der Waals surface area (Å²) in [5, 5.41) is 3.72. The summed E-state index contributed by atoms with van der Waals surface area (Å²) in [6.07, 6.45) is 4.24. The average Bonchev–Trinajstić information content (AvgIpc) is 2.72. The Morgan fingerprint density at radius 3 is 2.67 bits per heavy atom. The Morgan fingerprint density at radius 2 is 2.06 bits per heavy atom. The fourth-order valence-electron chi connectivity index (χ4n) is 3.28. The van der Waals surface area contributed by atoms with Gasteiger partial charge in [-0.2, -0.15) is 0 Å². The molecule has 1 aliphatic carbocycles. The topological polar surface area (TPSA) is 12.0 Å². The first-order valence-corrected chi connectivity index (χ1v) is 7.36. The maximum absolute atomic E-state index is 3.72. The van der Waals surface area contributed by atoms with Crippen molar-refractivity contribution in [1.29, 1.82) is 0 Å². The molecule has 1 N–H and O–H groups in total. The van der Waals surface area contributed by atoms with E-state index in [-0.39, 0.29) is 0 Å². The quantitative estimate of drug-likeness (QED) is 0.829. The first-order valence-electron chi connectivity index (χ1n) is 7.36. The van der Waals surface area contributed by atoms with Crippen LogP contribution in [-0.4, -0.2) is 6.54 Å². The van der Waals surface area contributed by atoms with E-state index in [4.69, 9.17) is 0 Å². The summed E-state index contributed by atoms with van der Waals surface area (Å²) in [5.41, 5.74) is 4.22. The van der Waals surface area contributed by atoms with Gasteiger partial charge in [0, 0.05) is 6.04 Å². The Kier molecular flexibility index (Phi) is 4.45. The van der Waals surface area contributed by atoms with Gasteiger partial charge in [-0.15, -0.1) is 0 Å². The minimum atomic E-state index is 0.474. The molecule has 1 fully saturated rings. The lowest BCUT2D eigenvalue weighted by Gasteiger charge is -2.19. The lowest BCUT2D eigenvalue weighted by Crippen LogP contribution is -2.25. The molecule has 0 bridgehead atoms. The van der Waals surface area contributed by atoms with Crippen molar-refractivity contribution < 1.29 is 0 Å². The van der Waals surface area contributed by atoms with Crippen molar-refractivity contribution in [2.45, 2.75) is 53.0 Å². The largest absolute Gasteiger partial charge is 0.310 e. The van der Waals surface area contributed by atoms with Crippen LogP contribution in [0.2, 0.25) is 0 Å². The van der Waals surface area contributed by atoms with Gasteiger partial charge in [0.1, 0.15) is 0 Å². The first kappa shape index (κ1) is 13.6. The van der Waals surface area contributed by atoms with Gasteiger partial charge in [-0.05, 0) is 63.1 Å². The summed E-state index contributed by atoms with van der Waals surface area (Å²) in [4.78, 5) is 0. The molecular weight excluding hydrogens is 218 g/mol. The van der Waals surface area contributed by atoms with Gasteiger partial charge in [0.05, 0.1) is 0 Å². The second-order valence-corrected chi connectivity index (χ2v) is 6.27. The van der Waals surface area contributed by atoms with Crippen LogP contribution in [0, 0.1) is 25.7 Å².